The zero-order chi connectivity index (χ0) is 29.4. The largest absolute Gasteiger partial charge is 0.490 e. The summed E-state index contributed by atoms with van der Waals surface area (Å²) >= 11 is 1.58. The number of ether oxygens (including phenoxy) is 1. The molecule has 2 saturated heterocycles. The van der Waals surface area contributed by atoms with E-state index in [0.717, 1.165) is 38.2 Å². The van der Waals surface area contributed by atoms with Crippen molar-refractivity contribution in [3.63, 3.8) is 0 Å². The average molecular weight is 586 g/mol. The van der Waals surface area contributed by atoms with Gasteiger partial charge >= 0.3 is 24.3 Å². The molecule has 0 bridgehead atoms. The van der Waals surface area contributed by atoms with Crippen molar-refractivity contribution in [1.29, 1.82) is 0 Å². The quantitative estimate of drug-likeness (QED) is 0.521. The van der Waals surface area contributed by atoms with E-state index in [-0.39, 0.29) is 18.1 Å². The van der Waals surface area contributed by atoms with Gasteiger partial charge in [-0.05, 0) is 35.6 Å². The number of nitrogens with zero attached hydrogens (tertiary/aromatic N) is 3. The molecule has 0 radical (unpaired) electrons. The Morgan fingerprint density at radius 3 is 2.05 bits per heavy atom. The number of amides is 1. The number of hydrogen-bond donors (Lipinski definition) is 2. The molecular weight excluding hydrogens is 560 g/mol. The van der Waals surface area contributed by atoms with Gasteiger partial charge in [-0.25, -0.2) is 9.59 Å². The lowest BCUT2D eigenvalue weighted by molar-refractivity contribution is -0.193. The van der Waals surface area contributed by atoms with E-state index in [1.54, 1.807) is 18.4 Å². The maximum Gasteiger partial charge on any atom is 0.490 e. The second kappa shape index (κ2) is 13.7. The molecule has 0 saturated carbocycles. The number of carbonyl (C=O) groups excluding carboxylic acids is 1. The topological polar surface area (TPSA) is 120 Å². The molecule has 4 heterocycles. The van der Waals surface area contributed by atoms with Crippen LogP contribution in [0.1, 0.15) is 22.3 Å². The summed E-state index contributed by atoms with van der Waals surface area (Å²) in [4.78, 5) is 39.3. The summed E-state index contributed by atoms with van der Waals surface area (Å²) in [6, 6.07) is 6.27. The predicted molar refractivity (Wildman–Crippen MR) is 125 cm³/mol. The van der Waals surface area contributed by atoms with Gasteiger partial charge in [-0.3, -0.25) is 14.7 Å². The van der Waals surface area contributed by atoms with E-state index in [9.17, 15) is 31.1 Å². The van der Waals surface area contributed by atoms with Gasteiger partial charge in [-0.2, -0.15) is 37.7 Å². The number of piperidine rings is 1. The molecule has 9 nitrogen and oxygen atoms in total. The van der Waals surface area contributed by atoms with Crippen molar-refractivity contribution in [3.05, 3.63) is 52.5 Å². The Labute approximate surface area is 222 Å². The van der Waals surface area contributed by atoms with Gasteiger partial charge in [-0.15, -0.1) is 0 Å². The molecule has 2 N–H and O–H groups in total. The number of rotatable bonds is 4. The van der Waals surface area contributed by atoms with Crippen LogP contribution in [-0.2, 0) is 20.9 Å². The van der Waals surface area contributed by atoms with Crippen molar-refractivity contribution < 1.29 is 55.7 Å². The van der Waals surface area contributed by atoms with Gasteiger partial charge in [0.25, 0.3) is 5.91 Å². The van der Waals surface area contributed by atoms with E-state index >= 15 is 0 Å². The SMILES string of the molecule is CO[C@H]1CCN(C(=O)c2ccsc2)[C@@H]2CN(Cc3ccncc3)C[C@H]12.O=C(O)C(F)(F)F.O=C(O)C(F)(F)F. The second-order valence-corrected chi connectivity index (χ2v) is 9.24. The Morgan fingerprint density at radius 2 is 1.59 bits per heavy atom. The van der Waals surface area contributed by atoms with Gasteiger partial charge in [0.05, 0.1) is 17.7 Å². The number of carboxylic acid groups (broad SMARTS) is 2. The zero-order valence-corrected chi connectivity index (χ0v) is 21.2. The molecular formula is C23H25F6N3O6S. The normalized spacial score (nSPS) is 21.1. The van der Waals surface area contributed by atoms with Crippen molar-refractivity contribution in [2.75, 3.05) is 26.7 Å². The number of likely N-dealkylation sites (tertiary alicyclic amines) is 2. The third-order valence-corrected chi connectivity index (χ3v) is 6.60. The first-order valence-electron chi connectivity index (χ1n) is 11.2. The molecule has 3 atom stereocenters. The van der Waals surface area contributed by atoms with Crippen LogP contribution in [0.3, 0.4) is 0 Å². The molecule has 4 rings (SSSR count). The molecule has 216 valence electrons. The van der Waals surface area contributed by atoms with E-state index in [1.807, 2.05) is 29.2 Å². The Kier molecular flexibility index (Phi) is 11.2. The van der Waals surface area contributed by atoms with E-state index in [0.29, 0.717) is 5.92 Å². The van der Waals surface area contributed by atoms with Gasteiger partial charge in [0.1, 0.15) is 0 Å². The number of aliphatic carboxylic acids is 2. The summed E-state index contributed by atoms with van der Waals surface area (Å²) in [5.41, 5.74) is 2.07. The summed E-state index contributed by atoms with van der Waals surface area (Å²) in [6.07, 6.45) is -5.35. The molecule has 16 heteroatoms. The number of thiophene rings is 1. The van der Waals surface area contributed by atoms with Gasteiger partial charge in [0.2, 0.25) is 0 Å². The molecule has 0 unspecified atom stereocenters. The fourth-order valence-electron chi connectivity index (χ4n) is 4.21. The standard InChI is InChI=1S/C19H23N3O2S.2C2HF3O2/c1-24-18-4-8-22(19(23)15-5-9-25-13-15)17-12-21(11-16(17)18)10-14-2-6-20-7-3-14;2*3-2(4,5)1(6)7/h2-3,5-7,9,13,16-18H,4,8,10-12H2,1H3;2*(H,6,7)/t16-,17+,18-;;/m0../s1. The molecule has 1 amide bonds. The van der Waals surface area contributed by atoms with Crippen LogP contribution in [0, 0.1) is 5.92 Å². The molecule has 2 aliphatic rings. The highest BCUT2D eigenvalue weighted by molar-refractivity contribution is 7.08. The highest BCUT2D eigenvalue weighted by atomic mass is 32.1. The number of carbonyl (C=O) groups is 3. The average Bonchev–Trinajstić information content (AvgIpc) is 3.54. The van der Waals surface area contributed by atoms with Gasteiger partial charge in [0.15, 0.2) is 0 Å². The van der Waals surface area contributed by atoms with Gasteiger partial charge in [0, 0.05) is 57.0 Å². The molecule has 2 aromatic rings. The van der Waals surface area contributed by atoms with E-state index in [1.165, 1.54) is 5.56 Å². The van der Waals surface area contributed by atoms with Crippen LogP contribution in [-0.4, -0.2) is 94.1 Å². The molecule has 2 aliphatic heterocycles. The molecule has 0 aromatic carbocycles. The molecule has 0 aliphatic carbocycles. The minimum atomic E-state index is -5.08. The third-order valence-electron chi connectivity index (χ3n) is 5.91. The Bertz CT molecular complexity index is 1060. The Hall–Kier alpha value is -3.24. The van der Waals surface area contributed by atoms with Crippen molar-refractivity contribution in [3.8, 4) is 0 Å². The first-order chi connectivity index (χ1) is 18.1. The maximum atomic E-state index is 12.9. The molecule has 2 aromatic heterocycles. The lowest BCUT2D eigenvalue weighted by Gasteiger charge is -2.41. The van der Waals surface area contributed by atoms with Crippen LogP contribution in [0.4, 0.5) is 26.3 Å². The number of halogens is 6. The number of hydrogen-bond acceptors (Lipinski definition) is 7. The van der Waals surface area contributed by atoms with Crippen LogP contribution in [0.2, 0.25) is 0 Å². The van der Waals surface area contributed by atoms with Gasteiger partial charge in [-0.1, -0.05) is 0 Å². The minimum absolute atomic E-state index is 0.163. The van der Waals surface area contributed by atoms with Crippen molar-refractivity contribution >= 4 is 29.2 Å². The number of fused-ring (bicyclic) bond motifs is 1. The summed E-state index contributed by atoms with van der Waals surface area (Å²) in [5.74, 6) is -4.97. The minimum Gasteiger partial charge on any atom is -0.475 e. The molecule has 0 spiro atoms. The second-order valence-electron chi connectivity index (χ2n) is 8.46. The fraction of sp³-hybridized carbons (Fsp3) is 0.478. The fourth-order valence-corrected chi connectivity index (χ4v) is 4.84. The molecule has 39 heavy (non-hydrogen) atoms. The summed E-state index contributed by atoms with van der Waals surface area (Å²) in [5, 5.41) is 18.2. The monoisotopic (exact) mass is 585 g/mol. The summed E-state index contributed by atoms with van der Waals surface area (Å²) in [7, 11) is 1.80. The van der Waals surface area contributed by atoms with Gasteiger partial charge < -0.3 is 19.8 Å². The highest BCUT2D eigenvalue weighted by Gasteiger charge is 2.46. The van der Waals surface area contributed by atoms with E-state index in [2.05, 4.69) is 26.9 Å². The number of carboxylic acids is 2. The number of alkyl halides is 6. The lowest BCUT2D eigenvalue weighted by atomic mass is 9.88. The maximum absolute atomic E-state index is 12.9. The van der Waals surface area contributed by atoms with Crippen LogP contribution >= 0.6 is 11.3 Å². The lowest BCUT2D eigenvalue weighted by Crippen LogP contribution is -2.53. The van der Waals surface area contributed by atoms with Crippen molar-refractivity contribution in [2.45, 2.75) is 37.5 Å². The first-order valence-corrected chi connectivity index (χ1v) is 12.2. The number of aromatic nitrogens is 1. The predicted octanol–water partition coefficient (Wildman–Crippen LogP) is 3.77. The summed E-state index contributed by atoms with van der Waals surface area (Å²) in [6.45, 7) is 3.55. The van der Waals surface area contributed by atoms with Crippen LogP contribution in [0.25, 0.3) is 0 Å². The highest BCUT2D eigenvalue weighted by Crippen LogP contribution is 2.34. The number of pyridine rings is 1. The third kappa shape index (κ3) is 9.47. The van der Waals surface area contributed by atoms with Crippen LogP contribution in [0.15, 0.2) is 41.4 Å². The molecule has 2 fully saturated rings. The Balaban J connectivity index is 0.000000317. The van der Waals surface area contributed by atoms with E-state index in [4.69, 9.17) is 24.5 Å². The number of methoxy groups -OCH3 is 1. The Morgan fingerprint density at radius 1 is 1.03 bits per heavy atom. The van der Waals surface area contributed by atoms with Crippen LogP contribution in [0.5, 0.6) is 0 Å². The van der Waals surface area contributed by atoms with Crippen molar-refractivity contribution in [2.24, 2.45) is 5.92 Å². The van der Waals surface area contributed by atoms with Crippen molar-refractivity contribution in [1.82, 2.24) is 14.8 Å². The smallest absolute Gasteiger partial charge is 0.475 e. The van der Waals surface area contributed by atoms with Crippen LogP contribution < -0.4 is 0 Å². The zero-order valence-electron chi connectivity index (χ0n) is 20.4. The van der Waals surface area contributed by atoms with E-state index < -0.39 is 24.3 Å². The first kappa shape index (κ1) is 32.0. The summed E-state index contributed by atoms with van der Waals surface area (Å²) < 4.78 is 69.2.